The second-order valence-corrected chi connectivity index (χ2v) is 9.87. The number of carbonyl (C=O) groups excluding carboxylic acids is 2. The Labute approximate surface area is 238 Å². The van der Waals surface area contributed by atoms with Gasteiger partial charge in [-0.1, -0.05) is 60.1 Å². The maximum absolute atomic E-state index is 13.5. The first-order valence-electron chi connectivity index (χ1n) is 13.3. The highest BCUT2D eigenvalue weighted by Crippen LogP contribution is 2.26. The van der Waals surface area contributed by atoms with Crippen LogP contribution in [-0.2, 0) is 9.53 Å². The molecule has 0 spiro atoms. The first kappa shape index (κ1) is 27.4. The van der Waals surface area contributed by atoms with Crippen LogP contribution >= 0.6 is 11.6 Å². The molecule has 1 unspecified atom stereocenters. The van der Waals surface area contributed by atoms with E-state index < -0.39 is 0 Å². The number of imidazole rings is 1. The van der Waals surface area contributed by atoms with Crippen LogP contribution in [0.15, 0.2) is 85.1 Å². The summed E-state index contributed by atoms with van der Waals surface area (Å²) in [7, 11) is 0. The van der Waals surface area contributed by atoms with E-state index in [0.717, 1.165) is 24.1 Å². The van der Waals surface area contributed by atoms with Crippen molar-refractivity contribution in [3.63, 3.8) is 0 Å². The number of anilines is 1. The molecule has 1 saturated heterocycles. The van der Waals surface area contributed by atoms with Crippen LogP contribution in [0.2, 0.25) is 5.02 Å². The summed E-state index contributed by atoms with van der Waals surface area (Å²) in [6, 6.07) is 24.1. The van der Waals surface area contributed by atoms with Crippen LogP contribution in [0.5, 0.6) is 5.75 Å². The Morgan fingerprint density at radius 2 is 1.90 bits per heavy atom. The Balaban J connectivity index is 1.43. The van der Waals surface area contributed by atoms with Crippen LogP contribution < -0.4 is 10.1 Å². The first-order chi connectivity index (χ1) is 19.5. The number of halogens is 1. The van der Waals surface area contributed by atoms with E-state index in [4.69, 9.17) is 26.1 Å². The van der Waals surface area contributed by atoms with E-state index >= 15 is 0 Å². The van der Waals surface area contributed by atoms with Crippen LogP contribution in [0.3, 0.4) is 0 Å². The van der Waals surface area contributed by atoms with Crippen LogP contribution in [0.1, 0.15) is 30.1 Å². The van der Waals surface area contributed by atoms with Crippen molar-refractivity contribution < 1.29 is 19.1 Å². The van der Waals surface area contributed by atoms with E-state index in [2.05, 4.69) is 5.32 Å². The molecular weight excluding hydrogens is 528 g/mol. The van der Waals surface area contributed by atoms with Gasteiger partial charge in [-0.05, 0) is 44.0 Å². The number of hydrogen-bond donors (Lipinski definition) is 1. The molecule has 0 aliphatic carbocycles. The second-order valence-electron chi connectivity index (χ2n) is 9.46. The molecule has 1 aliphatic heterocycles. The Morgan fingerprint density at radius 1 is 1.10 bits per heavy atom. The van der Waals surface area contributed by atoms with Gasteiger partial charge in [-0.3, -0.25) is 19.5 Å². The Morgan fingerprint density at radius 3 is 2.65 bits per heavy atom. The van der Waals surface area contributed by atoms with Gasteiger partial charge in [0.05, 0.1) is 34.7 Å². The van der Waals surface area contributed by atoms with E-state index in [0.29, 0.717) is 41.2 Å². The lowest BCUT2D eigenvalue weighted by Gasteiger charge is -2.25. The molecule has 8 nitrogen and oxygen atoms in total. The minimum atomic E-state index is -0.383. The smallest absolute Gasteiger partial charge is 0.255 e. The number of benzene rings is 3. The van der Waals surface area contributed by atoms with Crippen molar-refractivity contribution in [3.8, 4) is 22.7 Å². The predicted octanol–water partition coefficient (Wildman–Crippen LogP) is 5.85. The molecular formula is C31H31ClN4O4. The molecule has 40 heavy (non-hydrogen) atoms. The molecule has 2 heterocycles. The summed E-state index contributed by atoms with van der Waals surface area (Å²) < 4.78 is 13.3. The number of amides is 2. The van der Waals surface area contributed by atoms with Gasteiger partial charge in [-0.15, -0.1) is 0 Å². The Hall–Kier alpha value is -4.14. The van der Waals surface area contributed by atoms with Crippen molar-refractivity contribution in [1.82, 2.24) is 14.5 Å². The molecule has 0 bridgehead atoms. The summed E-state index contributed by atoms with van der Waals surface area (Å²) in [6.07, 6.45) is 3.49. The molecule has 1 N–H and O–H groups in total. The lowest BCUT2D eigenvalue weighted by Crippen LogP contribution is -2.42. The fourth-order valence-corrected chi connectivity index (χ4v) is 4.92. The zero-order valence-electron chi connectivity index (χ0n) is 22.3. The average Bonchev–Trinajstić information content (AvgIpc) is 3.64. The van der Waals surface area contributed by atoms with Crippen molar-refractivity contribution in [1.29, 1.82) is 0 Å². The van der Waals surface area contributed by atoms with Gasteiger partial charge in [0.15, 0.2) is 0 Å². The molecule has 1 atom stereocenters. The van der Waals surface area contributed by atoms with E-state index in [1.165, 1.54) is 4.90 Å². The Bertz CT molecular complexity index is 1470. The van der Waals surface area contributed by atoms with Gasteiger partial charge in [0, 0.05) is 31.0 Å². The van der Waals surface area contributed by atoms with Gasteiger partial charge in [0.1, 0.15) is 12.3 Å². The van der Waals surface area contributed by atoms with Gasteiger partial charge in [-0.25, -0.2) is 4.98 Å². The first-order valence-corrected chi connectivity index (χ1v) is 13.7. The monoisotopic (exact) mass is 558 g/mol. The van der Waals surface area contributed by atoms with Crippen molar-refractivity contribution >= 4 is 29.4 Å². The molecule has 0 radical (unpaired) electrons. The molecule has 206 valence electrons. The van der Waals surface area contributed by atoms with E-state index in [1.807, 2.05) is 72.3 Å². The highest BCUT2D eigenvalue weighted by atomic mass is 35.5. The van der Waals surface area contributed by atoms with Crippen molar-refractivity contribution in [2.24, 2.45) is 0 Å². The zero-order chi connectivity index (χ0) is 27.9. The largest absolute Gasteiger partial charge is 0.494 e. The van der Waals surface area contributed by atoms with Crippen LogP contribution in [0.4, 0.5) is 5.95 Å². The fourth-order valence-electron chi connectivity index (χ4n) is 4.70. The van der Waals surface area contributed by atoms with Gasteiger partial charge >= 0.3 is 0 Å². The third-order valence-corrected chi connectivity index (χ3v) is 6.94. The number of nitrogens with one attached hydrogen (secondary N) is 1. The molecule has 1 fully saturated rings. The fraction of sp³-hybridized carbons (Fsp3) is 0.258. The summed E-state index contributed by atoms with van der Waals surface area (Å²) in [5.74, 6) is 0.333. The number of rotatable bonds is 10. The van der Waals surface area contributed by atoms with Crippen molar-refractivity contribution in [2.45, 2.75) is 25.9 Å². The maximum Gasteiger partial charge on any atom is 0.255 e. The van der Waals surface area contributed by atoms with Crippen LogP contribution in [0, 0.1) is 0 Å². The van der Waals surface area contributed by atoms with Gasteiger partial charge in [-0.2, -0.15) is 0 Å². The Kier molecular flexibility index (Phi) is 8.78. The number of hydrogen-bond acceptors (Lipinski definition) is 5. The highest BCUT2D eigenvalue weighted by Gasteiger charge is 2.27. The topological polar surface area (TPSA) is 85.7 Å². The van der Waals surface area contributed by atoms with Crippen molar-refractivity contribution in [2.75, 3.05) is 31.6 Å². The minimum Gasteiger partial charge on any atom is -0.494 e. The van der Waals surface area contributed by atoms with Crippen LogP contribution in [0.25, 0.3) is 16.9 Å². The quantitative estimate of drug-likeness (QED) is 0.264. The molecule has 0 saturated carbocycles. The van der Waals surface area contributed by atoms with Crippen molar-refractivity contribution in [3.05, 3.63) is 95.6 Å². The molecule has 1 aliphatic rings. The third-order valence-electron chi connectivity index (χ3n) is 6.61. The molecule has 9 heteroatoms. The second kappa shape index (κ2) is 12.8. The summed E-state index contributed by atoms with van der Waals surface area (Å²) in [5, 5.41) is 3.27. The molecule has 4 aromatic rings. The lowest BCUT2D eigenvalue weighted by atomic mass is 10.1. The minimum absolute atomic E-state index is 0.132. The van der Waals surface area contributed by atoms with E-state index in [9.17, 15) is 9.59 Å². The number of carbonyl (C=O) groups is 2. The normalized spacial score (nSPS) is 14.6. The third kappa shape index (κ3) is 6.52. The molecule has 3 aromatic carbocycles. The van der Waals surface area contributed by atoms with E-state index in [-0.39, 0.29) is 31.0 Å². The zero-order valence-corrected chi connectivity index (χ0v) is 23.0. The van der Waals surface area contributed by atoms with E-state index in [1.54, 1.807) is 24.3 Å². The number of nitrogens with zero attached hydrogens (tertiary/aromatic N) is 3. The lowest BCUT2D eigenvalue weighted by molar-refractivity contribution is -0.117. The standard InChI is InChI=1S/C31H31ClN4O4/c1-2-39-24-13-8-12-23(18-24)36-20-28(22-10-4-3-5-11-22)33-31(36)34-29(37)21-35(19-25-14-9-17-40-25)30(38)26-15-6-7-16-27(26)32/h3-8,10-13,15-16,18,20,25H,2,9,14,17,19,21H2,1H3,(H,33,34,37). The molecule has 1 aromatic heterocycles. The number of ether oxygens (including phenoxy) is 2. The number of aromatic nitrogens is 2. The SMILES string of the molecule is CCOc1cccc(-n2cc(-c3ccccc3)nc2NC(=O)CN(CC2CCCO2)C(=O)c2ccccc2Cl)c1. The van der Waals surface area contributed by atoms with Crippen LogP contribution in [-0.4, -0.2) is 58.7 Å². The van der Waals surface area contributed by atoms with Gasteiger partial charge < -0.3 is 14.4 Å². The summed E-state index contributed by atoms with van der Waals surface area (Å²) in [6.45, 7) is 3.21. The maximum atomic E-state index is 13.5. The molecule has 5 rings (SSSR count). The summed E-state index contributed by atoms with van der Waals surface area (Å²) in [5.41, 5.74) is 2.72. The average molecular weight is 559 g/mol. The highest BCUT2D eigenvalue weighted by molar-refractivity contribution is 6.33. The van der Waals surface area contributed by atoms with Gasteiger partial charge in [0.25, 0.3) is 5.91 Å². The predicted molar refractivity (Wildman–Crippen MR) is 155 cm³/mol. The van der Waals surface area contributed by atoms with Gasteiger partial charge in [0.2, 0.25) is 11.9 Å². The summed E-state index contributed by atoms with van der Waals surface area (Å²) in [4.78, 5) is 33.2. The summed E-state index contributed by atoms with van der Waals surface area (Å²) >= 11 is 6.33. The molecule has 2 amide bonds.